The second-order valence-corrected chi connectivity index (χ2v) is 18.6. The van der Waals surface area contributed by atoms with Gasteiger partial charge < -0.3 is 14.1 Å². The fourth-order valence-corrected chi connectivity index (χ4v) is 3.61. The number of nitrogens with zero attached hydrogens (tertiary/aromatic N) is 1. The van der Waals surface area contributed by atoms with Crippen LogP contribution in [0.3, 0.4) is 0 Å². The average molecular weight is 364 g/mol. The fraction of sp³-hybridized carbons (Fsp3) is 0.938. The van der Waals surface area contributed by atoms with Crippen molar-refractivity contribution in [3.63, 3.8) is 0 Å². The topological polar surface area (TPSA) is 59.0 Å². The number of likely N-dealkylation sites (N-methyl/N-ethyl adjacent to an activating group) is 1. The molecule has 0 aromatic heterocycles. The van der Waals surface area contributed by atoms with Crippen molar-refractivity contribution in [2.45, 2.75) is 91.0 Å². The Hall–Kier alpha value is -0.216. The summed E-state index contributed by atoms with van der Waals surface area (Å²) in [5, 5.41) is 11.2. The molecule has 0 aliphatic carbocycles. The van der Waals surface area contributed by atoms with Crippen LogP contribution < -0.4 is 0 Å². The first-order valence-electron chi connectivity index (χ1n) is 8.32. The van der Waals surface area contributed by atoms with Crippen molar-refractivity contribution in [1.29, 1.82) is 0 Å². The summed E-state index contributed by atoms with van der Waals surface area (Å²) in [6.07, 6.45) is -1.06. The van der Waals surface area contributed by atoms with Gasteiger partial charge in [-0.3, -0.25) is 0 Å². The Morgan fingerprint density at radius 1 is 1.00 bits per heavy atom. The van der Waals surface area contributed by atoms with Crippen LogP contribution in [-0.4, -0.2) is 45.5 Å². The molecule has 0 aliphatic rings. The largest absolute Gasteiger partial charge is 0.478 e. The molecule has 1 atom stereocenters. The second-order valence-electron chi connectivity index (χ2n) is 9.15. The average Bonchev–Trinajstić information content (AvgIpc) is 2.30. The lowest BCUT2D eigenvalue weighted by molar-refractivity contribution is -0.196. The lowest BCUT2D eigenvalue weighted by atomic mass is 10.2. The van der Waals surface area contributed by atoms with Gasteiger partial charge >= 0.3 is 5.97 Å². The number of carboxylic acid groups (broad SMARTS) is 1. The van der Waals surface area contributed by atoms with E-state index >= 15 is 0 Å². The van der Waals surface area contributed by atoms with E-state index < -0.39 is 28.8 Å². The Balaban J connectivity index is 5.47. The third kappa shape index (κ3) is 5.97. The van der Waals surface area contributed by atoms with Crippen molar-refractivity contribution in [2.24, 2.45) is 0 Å². The first kappa shape index (κ1) is 22.8. The van der Waals surface area contributed by atoms with Gasteiger partial charge in [-0.2, -0.15) is 5.06 Å². The van der Waals surface area contributed by atoms with Crippen LogP contribution in [-0.2, 0) is 13.7 Å². The summed E-state index contributed by atoms with van der Waals surface area (Å²) in [5.74, 6) is -0.990. The molecule has 0 aromatic rings. The molecule has 138 valence electrons. The van der Waals surface area contributed by atoms with E-state index in [9.17, 15) is 9.90 Å². The Kier molecular flexibility index (Phi) is 7.28. The minimum absolute atomic E-state index is 0.000443. The van der Waals surface area contributed by atoms with Gasteiger partial charge in [0.1, 0.15) is 0 Å². The highest BCUT2D eigenvalue weighted by Gasteiger charge is 2.45. The van der Waals surface area contributed by atoms with Gasteiger partial charge in [-0.05, 0) is 36.3 Å². The Bertz CT molecular complexity index is 411. The van der Waals surface area contributed by atoms with Gasteiger partial charge in [0.2, 0.25) is 14.5 Å². The summed E-state index contributed by atoms with van der Waals surface area (Å²) in [4.78, 5) is 11.8. The molecule has 0 rings (SSSR count). The molecule has 0 fully saturated rings. The van der Waals surface area contributed by atoms with Crippen molar-refractivity contribution < 1.29 is 18.9 Å². The summed E-state index contributed by atoms with van der Waals surface area (Å²) in [6, 6.07) is 0. The quantitative estimate of drug-likeness (QED) is 0.404. The summed E-state index contributed by atoms with van der Waals surface area (Å²) in [6.45, 7) is 23.4. The highest BCUT2D eigenvalue weighted by atomic mass is 28.4. The van der Waals surface area contributed by atoms with Crippen molar-refractivity contribution in [3.8, 4) is 0 Å². The van der Waals surface area contributed by atoms with E-state index in [1.807, 2.05) is 6.92 Å². The monoisotopic (exact) mass is 363 g/mol. The van der Waals surface area contributed by atoms with E-state index in [0.29, 0.717) is 6.54 Å². The number of aliphatic carboxylic acids is 1. The van der Waals surface area contributed by atoms with Gasteiger partial charge in [0.05, 0.1) is 0 Å². The maximum Gasteiger partial charge on any atom is 0.349 e. The molecule has 0 aromatic carbocycles. The third-order valence-electron chi connectivity index (χ3n) is 5.15. The predicted molar refractivity (Wildman–Crippen MR) is 100 cm³/mol. The minimum Gasteiger partial charge on any atom is -0.478 e. The molecule has 0 amide bonds. The summed E-state index contributed by atoms with van der Waals surface area (Å²) in [5.41, 5.74) is 0. The Morgan fingerprint density at radius 3 is 1.65 bits per heavy atom. The SMILES string of the molecule is CCN(O[Si](C)(C)C(C)(C)C)C(O[Si](C)(C)C(C)(C)C)C(=O)O. The molecular weight excluding hydrogens is 326 g/mol. The van der Waals surface area contributed by atoms with E-state index in [0.717, 1.165) is 0 Å². The number of carboxylic acids is 1. The van der Waals surface area contributed by atoms with Crippen LogP contribution in [0, 0.1) is 0 Å². The van der Waals surface area contributed by atoms with Gasteiger partial charge in [0.15, 0.2) is 8.32 Å². The molecule has 7 heteroatoms. The standard InChI is InChI=1S/C16H37NO4Si2/c1-12-17(21-23(10,11)16(5,6)7)13(14(18)19)20-22(8,9)15(2,3)4/h13H,12H2,1-11H3,(H,18,19). The zero-order valence-electron chi connectivity index (χ0n) is 16.9. The zero-order valence-corrected chi connectivity index (χ0v) is 18.9. The van der Waals surface area contributed by atoms with E-state index in [1.165, 1.54) is 5.06 Å². The van der Waals surface area contributed by atoms with Gasteiger partial charge in [-0.15, -0.1) is 0 Å². The summed E-state index contributed by atoms with van der Waals surface area (Å²) < 4.78 is 12.4. The van der Waals surface area contributed by atoms with E-state index in [4.69, 9.17) is 8.95 Å². The third-order valence-corrected chi connectivity index (χ3v) is 13.9. The molecule has 0 radical (unpaired) electrons. The first-order chi connectivity index (χ1) is 9.96. The molecule has 0 bridgehead atoms. The molecule has 0 saturated heterocycles. The first-order valence-corrected chi connectivity index (χ1v) is 14.1. The second kappa shape index (κ2) is 7.35. The van der Waals surface area contributed by atoms with Crippen LogP contribution in [0.25, 0.3) is 0 Å². The van der Waals surface area contributed by atoms with Crippen LogP contribution in [0.2, 0.25) is 36.3 Å². The lowest BCUT2D eigenvalue weighted by Crippen LogP contribution is -2.56. The maximum absolute atomic E-state index is 11.8. The highest BCUT2D eigenvalue weighted by Crippen LogP contribution is 2.40. The molecule has 0 aliphatic heterocycles. The van der Waals surface area contributed by atoms with Gasteiger partial charge in [-0.25, -0.2) is 4.79 Å². The molecule has 0 spiro atoms. The number of hydroxylamine groups is 2. The molecular formula is C16H37NO4Si2. The molecule has 0 saturated carbocycles. The van der Waals surface area contributed by atoms with Crippen molar-refractivity contribution >= 4 is 22.6 Å². The molecule has 23 heavy (non-hydrogen) atoms. The number of hydrogen-bond donors (Lipinski definition) is 1. The summed E-state index contributed by atoms with van der Waals surface area (Å²) in [7, 11) is -4.34. The van der Waals surface area contributed by atoms with Gasteiger partial charge in [0, 0.05) is 6.54 Å². The van der Waals surface area contributed by atoms with E-state index in [2.05, 4.69) is 67.7 Å². The van der Waals surface area contributed by atoms with Crippen LogP contribution in [0.5, 0.6) is 0 Å². The van der Waals surface area contributed by atoms with E-state index in [-0.39, 0.29) is 10.1 Å². The van der Waals surface area contributed by atoms with Crippen LogP contribution >= 0.6 is 0 Å². The van der Waals surface area contributed by atoms with E-state index in [1.54, 1.807) is 0 Å². The number of hydrogen-bond acceptors (Lipinski definition) is 4. The maximum atomic E-state index is 11.8. The van der Waals surface area contributed by atoms with Crippen molar-refractivity contribution in [3.05, 3.63) is 0 Å². The van der Waals surface area contributed by atoms with Crippen LogP contribution in [0.1, 0.15) is 48.5 Å². The minimum atomic E-state index is -2.22. The van der Waals surface area contributed by atoms with Crippen molar-refractivity contribution in [2.75, 3.05) is 6.54 Å². The number of carbonyl (C=O) groups is 1. The Morgan fingerprint density at radius 2 is 1.39 bits per heavy atom. The van der Waals surface area contributed by atoms with Gasteiger partial charge in [-0.1, -0.05) is 48.5 Å². The lowest BCUT2D eigenvalue weighted by Gasteiger charge is -2.44. The molecule has 0 heterocycles. The molecule has 1 unspecified atom stereocenters. The van der Waals surface area contributed by atoms with Crippen molar-refractivity contribution in [1.82, 2.24) is 5.06 Å². The number of rotatable bonds is 7. The smallest absolute Gasteiger partial charge is 0.349 e. The normalized spacial score (nSPS) is 15.8. The Labute approximate surface area is 144 Å². The van der Waals surface area contributed by atoms with Crippen LogP contribution in [0.15, 0.2) is 0 Å². The zero-order chi connectivity index (χ0) is 18.9. The fourth-order valence-electron chi connectivity index (χ4n) is 1.40. The molecule has 5 nitrogen and oxygen atoms in total. The summed E-state index contributed by atoms with van der Waals surface area (Å²) >= 11 is 0. The van der Waals surface area contributed by atoms with Gasteiger partial charge in [0.25, 0.3) is 0 Å². The highest BCUT2D eigenvalue weighted by molar-refractivity contribution is 6.74. The van der Waals surface area contributed by atoms with Crippen LogP contribution in [0.4, 0.5) is 0 Å². The molecule has 1 N–H and O–H groups in total. The predicted octanol–water partition coefficient (Wildman–Crippen LogP) is 4.68.